The fourth-order valence-electron chi connectivity index (χ4n) is 2.62. The highest BCUT2D eigenvalue weighted by Gasteiger charge is 2.16. The van der Waals surface area contributed by atoms with Gasteiger partial charge >= 0.3 is 0 Å². The van der Waals surface area contributed by atoms with Crippen LogP contribution in [0.5, 0.6) is 0 Å². The smallest absolute Gasteiger partial charge is 0.271 e. The number of nitrogens with one attached hydrogen (secondary N) is 3. The average molecular weight is 344 g/mol. The van der Waals surface area contributed by atoms with Crippen LogP contribution in [0.3, 0.4) is 0 Å². The Morgan fingerprint density at radius 2 is 2.00 bits per heavy atom. The summed E-state index contributed by atoms with van der Waals surface area (Å²) >= 11 is 5.17. The summed E-state index contributed by atoms with van der Waals surface area (Å²) in [5, 5.41) is 3.42. The highest BCUT2D eigenvalue weighted by atomic mass is 32.1. The third-order valence-electron chi connectivity index (χ3n) is 3.84. The number of thiocarbonyl (C=S) groups is 1. The molecule has 126 valence electrons. The standard InChI is InChI=1S/C17H20N4O2S/c22-16(19-20-17(24)18-12-13-6-5-11-23-13)14-7-1-2-8-15(14)21-9-3-4-10-21/h1-4,7-10,13H,5-6,11-12H2,(H,19,22)(H2,18,20,24)/t13-/m0/s1. The third kappa shape index (κ3) is 4.12. The minimum absolute atomic E-state index is 0.190. The molecule has 1 aromatic heterocycles. The largest absolute Gasteiger partial charge is 0.376 e. The molecular formula is C17H20N4O2S. The van der Waals surface area contributed by atoms with Gasteiger partial charge in [0.1, 0.15) is 0 Å². The molecule has 1 saturated heterocycles. The maximum absolute atomic E-state index is 12.4. The Balaban J connectivity index is 1.54. The van der Waals surface area contributed by atoms with E-state index in [1.165, 1.54) is 0 Å². The number of rotatable bonds is 4. The van der Waals surface area contributed by atoms with Crippen molar-refractivity contribution in [1.29, 1.82) is 0 Å². The predicted molar refractivity (Wildman–Crippen MR) is 95.9 cm³/mol. The molecule has 2 aromatic rings. The predicted octanol–water partition coefficient (Wildman–Crippen LogP) is 1.77. The van der Waals surface area contributed by atoms with E-state index in [0.717, 1.165) is 25.1 Å². The molecule has 0 aliphatic carbocycles. The maximum atomic E-state index is 12.4. The van der Waals surface area contributed by atoms with E-state index in [4.69, 9.17) is 17.0 Å². The summed E-state index contributed by atoms with van der Waals surface area (Å²) in [5.41, 5.74) is 6.73. The van der Waals surface area contributed by atoms with Gasteiger partial charge in [0.2, 0.25) is 0 Å². The number of nitrogens with zero attached hydrogens (tertiary/aromatic N) is 1. The van der Waals surface area contributed by atoms with Gasteiger partial charge in [-0.15, -0.1) is 0 Å². The number of hydrazine groups is 1. The van der Waals surface area contributed by atoms with Gasteiger partial charge in [0.05, 0.1) is 17.4 Å². The van der Waals surface area contributed by atoms with Crippen molar-refractivity contribution in [1.82, 2.24) is 20.7 Å². The molecule has 1 amide bonds. The van der Waals surface area contributed by atoms with Crippen LogP contribution < -0.4 is 16.2 Å². The molecule has 2 heterocycles. The summed E-state index contributed by atoms with van der Waals surface area (Å²) in [4.78, 5) is 12.4. The number of hydrogen-bond acceptors (Lipinski definition) is 3. The molecule has 0 radical (unpaired) electrons. The van der Waals surface area contributed by atoms with Gasteiger partial charge in [0.25, 0.3) is 5.91 Å². The Bertz CT molecular complexity index is 696. The first-order valence-electron chi connectivity index (χ1n) is 7.92. The van der Waals surface area contributed by atoms with E-state index >= 15 is 0 Å². The Hall–Kier alpha value is -2.38. The van der Waals surface area contributed by atoms with E-state index in [1.54, 1.807) is 6.07 Å². The van der Waals surface area contributed by atoms with E-state index < -0.39 is 0 Å². The lowest BCUT2D eigenvalue weighted by Gasteiger charge is -2.15. The third-order valence-corrected chi connectivity index (χ3v) is 4.08. The first-order valence-corrected chi connectivity index (χ1v) is 8.33. The lowest BCUT2D eigenvalue weighted by molar-refractivity contribution is 0.0943. The second-order valence-electron chi connectivity index (χ2n) is 5.53. The zero-order valence-electron chi connectivity index (χ0n) is 13.2. The molecule has 1 atom stereocenters. The van der Waals surface area contributed by atoms with E-state index in [2.05, 4.69) is 16.2 Å². The Labute approximate surface area is 146 Å². The van der Waals surface area contributed by atoms with Crippen LogP contribution in [0.1, 0.15) is 23.2 Å². The van der Waals surface area contributed by atoms with Crippen LogP contribution in [-0.2, 0) is 4.74 Å². The molecule has 1 aliphatic heterocycles. The Morgan fingerprint density at radius 1 is 1.21 bits per heavy atom. The zero-order valence-corrected chi connectivity index (χ0v) is 14.0. The summed E-state index contributed by atoms with van der Waals surface area (Å²) in [6.45, 7) is 1.45. The number of aromatic nitrogens is 1. The van der Waals surface area contributed by atoms with Gasteiger partial charge in [-0.1, -0.05) is 12.1 Å². The minimum Gasteiger partial charge on any atom is -0.376 e. The van der Waals surface area contributed by atoms with Crippen molar-refractivity contribution in [2.24, 2.45) is 0 Å². The van der Waals surface area contributed by atoms with Crippen LogP contribution >= 0.6 is 12.2 Å². The summed E-state index contributed by atoms with van der Waals surface area (Å²) in [6, 6.07) is 11.2. The van der Waals surface area contributed by atoms with E-state index in [9.17, 15) is 4.79 Å². The molecule has 24 heavy (non-hydrogen) atoms. The van der Waals surface area contributed by atoms with Crippen LogP contribution in [0, 0.1) is 0 Å². The fourth-order valence-corrected chi connectivity index (χ4v) is 2.76. The van der Waals surface area contributed by atoms with Crippen LogP contribution in [0.4, 0.5) is 0 Å². The number of hydrogen-bond donors (Lipinski definition) is 3. The maximum Gasteiger partial charge on any atom is 0.271 e. The zero-order chi connectivity index (χ0) is 16.8. The van der Waals surface area contributed by atoms with Crippen molar-refractivity contribution in [2.45, 2.75) is 18.9 Å². The number of carbonyl (C=O) groups is 1. The monoisotopic (exact) mass is 344 g/mol. The quantitative estimate of drug-likeness (QED) is 0.583. The molecule has 6 nitrogen and oxygen atoms in total. The second-order valence-corrected chi connectivity index (χ2v) is 5.94. The van der Waals surface area contributed by atoms with Crippen LogP contribution in [0.25, 0.3) is 5.69 Å². The van der Waals surface area contributed by atoms with Crippen molar-refractivity contribution in [3.63, 3.8) is 0 Å². The molecule has 3 rings (SSSR count). The fraction of sp³-hybridized carbons (Fsp3) is 0.294. The summed E-state index contributed by atoms with van der Waals surface area (Å²) < 4.78 is 7.41. The Morgan fingerprint density at radius 3 is 2.75 bits per heavy atom. The molecule has 7 heteroatoms. The summed E-state index contributed by atoms with van der Waals surface area (Å²) in [6.07, 6.45) is 6.10. The first kappa shape index (κ1) is 16.5. The molecule has 1 aliphatic rings. The molecule has 0 unspecified atom stereocenters. The molecule has 3 N–H and O–H groups in total. The van der Waals surface area contributed by atoms with Crippen molar-refractivity contribution >= 4 is 23.2 Å². The molecular weight excluding hydrogens is 324 g/mol. The first-order chi connectivity index (χ1) is 11.7. The van der Waals surface area contributed by atoms with Gasteiger partial charge < -0.3 is 14.6 Å². The van der Waals surface area contributed by atoms with Gasteiger partial charge in [-0.3, -0.25) is 15.6 Å². The average Bonchev–Trinajstić information content (AvgIpc) is 3.31. The van der Waals surface area contributed by atoms with E-state index in [0.29, 0.717) is 17.2 Å². The Kier molecular flexibility index (Phi) is 5.45. The van der Waals surface area contributed by atoms with Crippen molar-refractivity contribution in [3.05, 3.63) is 54.4 Å². The van der Waals surface area contributed by atoms with Gasteiger partial charge in [-0.25, -0.2) is 0 Å². The SMILES string of the molecule is O=C(NNC(=S)NC[C@@H]1CCCO1)c1ccccc1-n1cccc1. The number of carbonyl (C=O) groups excluding carboxylic acids is 1. The molecule has 0 bridgehead atoms. The summed E-state index contributed by atoms with van der Waals surface area (Å²) in [7, 11) is 0. The number of amides is 1. The van der Waals surface area contributed by atoms with Gasteiger partial charge in [0.15, 0.2) is 5.11 Å². The molecule has 0 saturated carbocycles. The minimum atomic E-state index is -0.249. The highest BCUT2D eigenvalue weighted by Crippen LogP contribution is 2.14. The number of benzene rings is 1. The van der Waals surface area contributed by atoms with Gasteiger partial charge in [-0.05, 0) is 49.3 Å². The summed E-state index contributed by atoms with van der Waals surface area (Å²) in [5.74, 6) is -0.249. The normalized spacial score (nSPS) is 16.6. The van der Waals surface area contributed by atoms with Crippen molar-refractivity contribution < 1.29 is 9.53 Å². The van der Waals surface area contributed by atoms with Crippen LogP contribution in [-0.4, -0.2) is 34.8 Å². The molecule has 0 spiro atoms. The second kappa shape index (κ2) is 7.94. The van der Waals surface area contributed by atoms with Crippen molar-refractivity contribution in [3.8, 4) is 5.69 Å². The number of ether oxygens (including phenoxy) is 1. The van der Waals surface area contributed by atoms with E-state index in [1.807, 2.05) is 47.3 Å². The highest BCUT2D eigenvalue weighted by molar-refractivity contribution is 7.80. The van der Waals surface area contributed by atoms with Gasteiger partial charge in [0, 0.05) is 25.5 Å². The number of para-hydroxylation sites is 1. The lowest BCUT2D eigenvalue weighted by Crippen LogP contribution is -2.48. The molecule has 1 fully saturated rings. The van der Waals surface area contributed by atoms with E-state index in [-0.39, 0.29) is 12.0 Å². The van der Waals surface area contributed by atoms with Crippen LogP contribution in [0.15, 0.2) is 48.8 Å². The van der Waals surface area contributed by atoms with Gasteiger partial charge in [-0.2, -0.15) is 0 Å². The van der Waals surface area contributed by atoms with Crippen molar-refractivity contribution in [2.75, 3.05) is 13.2 Å². The lowest BCUT2D eigenvalue weighted by atomic mass is 10.1. The topological polar surface area (TPSA) is 67.3 Å². The van der Waals surface area contributed by atoms with Crippen LogP contribution in [0.2, 0.25) is 0 Å². The molecule has 1 aromatic carbocycles.